The minimum absolute atomic E-state index is 0.0699. The van der Waals surface area contributed by atoms with Crippen LogP contribution in [0.3, 0.4) is 0 Å². The number of hydrogen-bond acceptors (Lipinski definition) is 6. The second kappa shape index (κ2) is 15.1. The molecule has 1 atom stereocenters. The van der Waals surface area contributed by atoms with Gasteiger partial charge < -0.3 is 26.1 Å². The quantitative estimate of drug-likeness (QED) is 0.160. The van der Waals surface area contributed by atoms with Crippen LogP contribution in [0.4, 0.5) is 5.69 Å². The van der Waals surface area contributed by atoms with Gasteiger partial charge in [-0.25, -0.2) is 0 Å². The number of benzene rings is 3. The van der Waals surface area contributed by atoms with Crippen LogP contribution in [-0.4, -0.2) is 46.7 Å². The van der Waals surface area contributed by atoms with E-state index in [1.165, 1.54) is 11.1 Å². The highest BCUT2D eigenvalue weighted by Gasteiger charge is 2.29. The van der Waals surface area contributed by atoms with Gasteiger partial charge in [0.2, 0.25) is 11.8 Å². The van der Waals surface area contributed by atoms with Crippen molar-refractivity contribution in [2.45, 2.75) is 64.5 Å². The molecular formula is C36H44N6O3. The molecule has 1 heterocycles. The lowest BCUT2D eigenvalue weighted by atomic mass is 9.81. The third-order valence-electron chi connectivity index (χ3n) is 8.68. The fourth-order valence-corrected chi connectivity index (χ4v) is 6.09. The van der Waals surface area contributed by atoms with E-state index in [0.717, 1.165) is 42.4 Å². The van der Waals surface area contributed by atoms with Crippen LogP contribution in [0.1, 0.15) is 62.4 Å². The minimum atomic E-state index is -0.745. The molecular weight excluding hydrogens is 564 g/mol. The summed E-state index contributed by atoms with van der Waals surface area (Å²) in [6.07, 6.45) is 3.82. The lowest BCUT2D eigenvalue weighted by Gasteiger charge is -2.28. The number of nitrogens with two attached hydrogens (primary N) is 1. The Bertz CT molecular complexity index is 1570. The first-order valence-corrected chi connectivity index (χ1v) is 15.8. The van der Waals surface area contributed by atoms with Gasteiger partial charge in [-0.2, -0.15) is 0 Å². The standard InChI is InChI=1S/C36H44N6O3/c1-23(2)30-9-4-5-10-31(30)28-8-6-7-25(19-28)20-32(39-35(43)27-13-11-24(21-37)12-14-27)36(44)38-29-17-15-26(16-18-29)34-40-33(22-45-3)41-42-34/h4-10,15-19,23-24,27,32H,11-14,20-22,37H2,1-3H3,(H,38,44)(H,39,43)(H,40,41,42)/t24?,27?,32-/m0/s1. The van der Waals surface area contributed by atoms with Crippen LogP contribution in [0.15, 0.2) is 72.8 Å². The summed E-state index contributed by atoms with van der Waals surface area (Å²) in [6.45, 7) is 5.38. The molecule has 2 amide bonds. The van der Waals surface area contributed by atoms with Crippen molar-refractivity contribution in [2.75, 3.05) is 19.0 Å². The summed E-state index contributed by atoms with van der Waals surface area (Å²) in [5.74, 6) is 1.65. The maximum absolute atomic E-state index is 13.8. The Morgan fingerprint density at radius 3 is 2.42 bits per heavy atom. The number of carbonyl (C=O) groups is 2. The Hall–Kier alpha value is -4.34. The van der Waals surface area contributed by atoms with Gasteiger partial charge in [0.25, 0.3) is 0 Å². The molecule has 0 saturated heterocycles. The van der Waals surface area contributed by atoms with Crippen molar-refractivity contribution in [3.63, 3.8) is 0 Å². The molecule has 5 rings (SSSR count). The number of nitrogens with one attached hydrogen (secondary N) is 3. The normalized spacial score (nSPS) is 17.2. The number of aromatic nitrogens is 3. The van der Waals surface area contributed by atoms with E-state index in [0.29, 0.717) is 48.7 Å². The van der Waals surface area contributed by atoms with Gasteiger partial charge >= 0.3 is 0 Å². The number of carbonyl (C=O) groups excluding carboxylic acids is 2. The molecule has 0 aliphatic heterocycles. The van der Waals surface area contributed by atoms with Gasteiger partial charge in [-0.05, 0) is 90.6 Å². The fourth-order valence-electron chi connectivity index (χ4n) is 6.09. The van der Waals surface area contributed by atoms with Gasteiger partial charge in [0.1, 0.15) is 12.6 Å². The molecule has 0 unspecified atom stereocenters. The number of ether oxygens (including phenoxy) is 1. The van der Waals surface area contributed by atoms with E-state index in [4.69, 9.17) is 10.5 Å². The van der Waals surface area contributed by atoms with Gasteiger partial charge in [-0.3, -0.25) is 9.59 Å². The minimum Gasteiger partial charge on any atom is -0.377 e. The second-order valence-electron chi connectivity index (χ2n) is 12.3. The third kappa shape index (κ3) is 8.23. The maximum atomic E-state index is 13.8. The summed E-state index contributed by atoms with van der Waals surface area (Å²) in [7, 11) is 1.60. The van der Waals surface area contributed by atoms with Gasteiger partial charge in [0.05, 0.1) is 0 Å². The molecule has 5 N–H and O–H groups in total. The molecule has 0 spiro atoms. The molecule has 3 aromatic carbocycles. The molecule has 9 heteroatoms. The zero-order valence-electron chi connectivity index (χ0n) is 26.4. The Labute approximate surface area is 265 Å². The first kappa shape index (κ1) is 32.1. The molecule has 0 radical (unpaired) electrons. The molecule has 0 bridgehead atoms. The van der Waals surface area contributed by atoms with E-state index < -0.39 is 6.04 Å². The van der Waals surface area contributed by atoms with E-state index in [1.54, 1.807) is 7.11 Å². The topological polar surface area (TPSA) is 135 Å². The molecule has 1 aliphatic rings. The number of H-pyrrole nitrogens is 1. The molecule has 45 heavy (non-hydrogen) atoms. The average molecular weight is 609 g/mol. The van der Waals surface area contributed by atoms with Crippen LogP contribution in [0.2, 0.25) is 0 Å². The summed E-state index contributed by atoms with van der Waals surface area (Å²) < 4.78 is 5.11. The molecule has 9 nitrogen and oxygen atoms in total. The zero-order chi connectivity index (χ0) is 31.8. The van der Waals surface area contributed by atoms with Crippen LogP contribution in [0.5, 0.6) is 0 Å². The van der Waals surface area contributed by atoms with Crippen molar-refractivity contribution < 1.29 is 14.3 Å². The summed E-state index contributed by atoms with van der Waals surface area (Å²) >= 11 is 0. The number of hydrogen-bond donors (Lipinski definition) is 4. The first-order chi connectivity index (χ1) is 21.8. The first-order valence-electron chi connectivity index (χ1n) is 15.8. The predicted octanol–water partition coefficient (Wildman–Crippen LogP) is 5.84. The van der Waals surface area contributed by atoms with Crippen LogP contribution >= 0.6 is 0 Å². The maximum Gasteiger partial charge on any atom is 0.247 e. The van der Waals surface area contributed by atoms with Crippen LogP contribution in [-0.2, 0) is 27.4 Å². The predicted molar refractivity (Wildman–Crippen MR) is 177 cm³/mol. The Morgan fingerprint density at radius 2 is 1.71 bits per heavy atom. The summed E-state index contributed by atoms with van der Waals surface area (Å²) in [5.41, 5.74) is 11.9. The highest BCUT2D eigenvalue weighted by molar-refractivity contribution is 5.97. The van der Waals surface area contributed by atoms with Crippen LogP contribution in [0.25, 0.3) is 22.5 Å². The Morgan fingerprint density at radius 1 is 0.956 bits per heavy atom. The van der Waals surface area contributed by atoms with Crippen molar-refractivity contribution in [2.24, 2.45) is 17.6 Å². The summed E-state index contributed by atoms with van der Waals surface area (Å²) in [4.78, 5) is 30.4. The summed E-state index contributed by atoms with van der Waals surface area (Å²) in [5, 5.41) is 14.4. The van der Waals surface area contributed by atoms with Gasteiger partial charge in [-0.1, -0.05) is 62.4 Å². The van der Waals surface area contributed by atoms with Crippen molar-refractivity contribution >= 4 is 17.5 Å². The summed E-state index contributed by atoms with van der Waals surface area (Å²) in [6, 6.07) is 23.3. The lowest BCUT2D eigenvalue weighted by Crippen LogP contribution is -2.48. The number of aromatic amines is 1. The lowest BCUT2D eigenvalue weighted by molar-refractivity contribution is -0.130. The number of anilines is 1. The highest BCUT2D eigenvalue weighted by atomic mass is 16.5. The smallest absolute Gasteiger partial charge is 0.247 e. The monoisotopic (exact) mass is 608 g/mol. The van der Waals surface area contributed by atoms with Crippen molar-refractivity contribution in [1.82, 2.24) is 20.5 Å². The molecule has 4 aromatic rings. The average Bonchev–Trinajstić information content (AvgIpc) is 3.53. The molecule has 1 fully saturated rings. The molecule has 236 valence electrons. The van der Waals surface area contributed by atoms with E-state index in [9.17, 15) is 9.59 Å². The number of amides is 2. The Kier molecular flexibility index (Phi) is 10.8. The number of nitrogens with zero attached hydrogens (tertiary/aromatic N) is 2. The van der Waals surface area contributed by atoms with Crippen molar-refractivity contribution in [3.8, 4) is 22.5 Å². The van der Waals surface area contributed by atoms with E-state index in [2.05, 4.69) is 76.1 Å². The molecule has 1 aliphatic carbocycles. The van der Waals surface area contributed by atoms with Crippen LogP contribution < -0.4 is 16.4 Å². The second-order valence-corrected chi connectivity index (χ2v) is 12.3. The van der Waals surface area contributed by atoms with Gasteiger partial charge in [0, 0.05) is 30.7 Å². The van der Waals surface area contributed by atoms with E-state index >= 15 is 0 Å². The number of methoxy groups -OCH3 is 1. The van der Waals surface area contributed by atoms with Crippen molar-refractivity contribution in [1.29, 1.82) is 0 Å². The zero-order valence-corrected chi connectivity index (χ0v) is 26.4. The molecule has 1 saturated carbocycles. The van der Waals surface area contributed by atoms with Gasteiger partial charge in [-0.15, -0.1) is 10.2 Å². The van der Waals surface area contributed by atoms with Crippen LogP contribution in [0, 0.1) is 11.8 Å². The Balaban J connectivity index is 1.34. The van der Waals surface area contributed by atoms with Gasteiger partial charge in [0.15, 0.2) is 11.6 Å². The van der Waals surface area contributed by atoms with E-state index in [1.807, 2.05) is 36.4 Å². The molecule has 1 aromatic heterocycles. The number of rotatable bonds is 12. The van der Waals surface area contributed by atoms with Crippen molar-refractivity contribution in [3.05, 3.63) is 89.7 Å². The largest absolute Gasteiger partial charge is 0.377 e. The third-order valence-corrected chi connectivity index (χ3v) is 8.68. The van der Waals surface area contributed by atoms with E-state index in [-0.39, 0.29) is 17.7 Å². The highest BCUT2D eigenvalue weighted by Crippen LogP contribution is 2.31. The fraction of sp³-hybridized carbons (Fsp3) is 0.389. The SMILES string of the molecule is COCc1nnc(-c2ccc(NC(=O)[C@H](Cc3cccc(-c4ccccc4C(C)C)c3)NC(=O)C3CCC(CN)CC3)cc2)[nH]1.